The molecule has 1 aromatic carbocycles. The minimum Gasteiger partial charge on any atom is -0.310 e. The summed E-state index contributed by atoms with van der Waals surface area (Å²) in [5.41, 5.74) is 1.11. The molecular formula is C14H20FN. The van der Waals surface area contributed by atoms with E-state index in [1.165, 1.54) is 31.7 Å². The van der Waals surface area contributed by atoms with Gasteiger partial charge in [0.2, 0.25) is 0 Å². The third-order valence-corrected chi connectivity index (χ3v) is 3.50. The Bertz CT molecular complexity index is 331. The van der Waals surface area contributed by atoms with Crippen LogP contribution in [0.15, 0.2) is 24.3 Å². The Balaban J connectivity index is 2.17. The molecule has 2 rings (SSSR count). The third-order valence-electron chi connectivity index (χ3n) is 3.50. The molecule has 88 valence electrons. The zero-order valence-electron chi connectivity index (χ0n) is 9.88. The lowest BCUT2D eigenvalue weighted by molar-refractivity contribution is 0.373. The van der Waals surface area contributed by atoms with Gasteiger partial charge in [-0.2, -0.15) is 0 Å². The van der Waals surface area contributed by atoms with Gasteiger partial charge in [0.15, 0.2) is 0 Å². The zero-order chi connectivity index (χ0) is 11.4. The van der Waals surface area contributed by atoms with E-state index in [1.54, 1.807) is 6.07 Å². The summed E-state index contributed by atoms with van der Waals surface area (Å²) < 4.78 is 13.2. The van der Waals surface area contributed by atoms with Gasteiger partial charge in [0.25, 0.3) is 0 Å². The number of nitrogens with one attached hydrogen (secondary N) is 1. The van der Waals surface area contributed by atoms with Crippen molar-refractivity contribution in [2.45, 2.75) is 38.6 Å². The van der Waals surface area contributed by atoms with E-state index in [0.717, 1.165) is 12.1 Å². The van der Waals surface area contributed by atoms with E-state index in [-0.39, 0.29) is 5.82 Å². The molecule has 1 aliphatic carbocycles. The average Bonchev–Trinajstić information content (AvgIpc) is 2.79. The molecule has 0 saturated heterocycles. The van der Waals surface area contributed by atoms with Crippen molar-refractivity contribution in [3.8, 4) is 0 Å². The molecule has 1 atom stereocenters. The molecular weight excluding hydrogens is 201 g/mol. The summed E-state index contributed by atoms with van der Waals surface area (Å²) in [5, 5.41) is 3.50. The van der Waals surface area contributed by atoms with Gasteiger partial charge in [-0.3, -0.25) is 0 Å². The van der Waals surface area contributed by atoms with Gasteiger partial charge in [-0.15, -0.1) is 0 Å². The van der Waals surface area contributed by atoms with Crippen LogP contribution in [-0.4, -0.2) is 6.54 Å². The number of hydrogen-bond acceptors (Lipinski definition) is 1. The quantitative estimate of drug-likeness (QED) is 0.818. The topological polar surface area (TPSA) is 12.0 Å². The van der Waals surface area contributed by atoms with Gasteiger partial charge in [-0.1, -0.05) is 31.9 Å². The van der Waals surface area contributed by atoms with Crippen LogP contribution >= 0.6 is 0 Å². The van der Waals surface area contributed by atoms with Crippen molar-refractivity contribution in [3.63, 3.8) is 0 Å². The summed E-state index contributed by atoms with van der Waals surface area (Å²) >= 11 is 0. The Labute approximate surface area is 97.1 Å². The molecule has 1 aliphatic rings. The van der Waals surface area contributed by atoms with Crippen LogP contribution in [0.25, 0.3) is 0 Å². The van der Waals surface area contributed by atoms with E-state index >= 15 is 0 Å². The Kier molecular flexibility index (Phi) is 3.94. The lowest BCUT2D eigenvalue weighted by Crippen LogP contribution is -2.27. The molecule has 16 heavy (non-hydrogen) atoms. The van der Waals surface area contributed by atoms with E-state index in [0.29, 0.717) is 12.0 Å². The summed E-state index contributed by atoms with van der Waals surface area (Å²) in [6, 6.07) is 7.37. The normalized spacial score (nSPS) is 18.9. The molecule has 0 radical (unpaired) electrons. The van der Waals surface area contributed by atoms with Gasteiger partial charge < -0.3 is 5.32 Å². The van der Waals surface area contributed by atoms with E-state index < -0.39 is 0 Å². The van der Waals surface area contributed by atoms with Crippen LogP contribution < -0.4 is 5.32 Å². The molecule has 0 spiro atoms. The van der Waals surface area contributed by atoms with Crippen molar-refractivity contribution >= 4 is 0 Å². The molecule has 1 nitrogen and oxygen atoms in total. The lowest BCUT2D eigenvalue weighted by atomic mass is 9.91. The maximum atomic E-state index is 13.2. The number of hydrogen-bond donors (Lipinski definition) is 1. The molecule has 0 aromatic heterocycles. The van der Waals surface area contributed by atoms with Crippen LogP contribution in [0.2, 0.25) is 0 Å². The van der Waals surface area contributed by atoms with Gasteiger partial charge in [0.05, 0.1) is 0 Å². The largest absolute Gasteiger partial charge is 0.310 e. The molecule has 0 heterocycles. The first-order valence-corrected chi connectivity index (χ1v) is 6.30. The molecule has 1 unspecified atom stereocenters. The number of benzene rings is 1. The standard InChI is InChI=1S/C14H20FN/c1-2-16-14(11-6-3-4-7-11)12-8-5-9-13(15)10-12/h5,8-11,14,16H,2-4,6-7H2,1H3. The molecule has 1 aromatic rings. The van der Waals surface area contributed by atoms with Crippen molar-refractivity contribution in [3.05, 3.63) is 35.6 Å². The van der Waals surface area contributed by atoms with Crippen molar-refractivity contribution in [1.82, 2.24) is 5.32 Å². The predicted molar refractivity (Wildman–Crippen MR) is 64.8 cm³/mol. The molecule has 0 bridgehead atoms. The average molecular weight is 221 g/mol. The predicted octanol–water partition coefficient (Wildman–Crippen LogP) is 3.67. The minimum absolute atomic E-state index is 0.126. The smallest absolute Gasteiger partial charge is 0.123 e. The second-order valence-corrected chi connectivity index (χ2v) is 4.63. The van der Waals surface area contributed by atoms with Crippen molar-refractivity contribution in [2.75, 3.05) is 6.54 Å². The number of rotatable bonds is 4. The van der Waals surface area contributed by atoms with E-state index in [1.807, 2.05) is 12.1 Å². The molecule has 1 fully saturated rings. The van der Waals surface area contributed by atoms with Crippen molar-refractivity contribution in [2.24, 2.45) is 5.92 Å². The van der Waals surface area contributed by atoms with Crippen LogP contribution in [0.4, 0.5) is 4.39 Å². The Morgan fingerprint density at radius 1 is 1.38 bits per heavy atom. The molecule has 2 heteroatoms. The van der Waals surface area contributed by atoms with Gasteiger partial charge in [0.1, 0.15) is 5.82 Å². The maximum absolute atomic E-state index is 13.2. The third kappa shape index (κ3) is 2.62. The van der Waals surface area contributed by atoms with E-state index in [2.05, 4.69) is 12.2 Å². The molecule has 1 saturated carbocycles. The Morgan fingerprint density at radius 2 is 2.12 bits per heavy atom. The molecule has 0 amide bonds. The second-order valence-electron chi connectivity index (χ2n) is 4.63. The van der Waals surface area contributed by atoms with Crippen LogP contribution in [0.1, 0.15) is 44.2 Å². The van der Waals surface area contributed by atoms with Crippen molar-refractivity contribution < 1.29 is 4.39 Å². The Morgan fingerprint density at radius 3 is 2.75 bits per heavy atom. The fourth-order valence-electron chi connectivity index (χ4n) is 2.77. The monoisotopic (exact) mass is 221 g/mol. The second kappa shape index (κ2) is 5.44. The fraction of sp³-hybridized carbons (Fsp3) is 0.571. The SMILES string of the molecule is CCNC(c1cccc(F)c1)C1CCCC1. The maximum Gasteiger partial charge on any atom is 0.123 e. The van der Waals surface area contributed by atoms with Gasteiger partial charge in [-0.05, 0) is 43.0 Å². The van der Waals surface area contributed by atoms with Gasteiger partial charge in [-0.25, -0.2) is 4.39 Å². The summed E-state index contributed by atoms with van der Waals surface area (Å²) in [6.45, 7) is 3.05. The fourth-order valence-corrected chi connectivity index (χ4v) is 2.77. The first-order valence-electron chi connectivity index (χ1n) is 6.30. The highest BCUT2D eigenvalue weighted by Gasteiger charge is 2.25. The van der Waals surface area contributed by atoms with Gasteiger partial charge in [0, 0.05) is 6.04 Å². The van der Waals surface area contributed by atoms with E-state index in [4.69, 9.17) is 0 Å². The van der Waals surface area contributed by atoms with Crippen LogP contribution in [0.3, 0.4) is 0 Å². The highest BCUT2D eigenvalue weighted by molar-refractivity contribution is 5.21. The Hall–Kier alpha value is -0.890. The molecule has 1 N–H and O–H groups in total. The minimum atomic E-state index is -0.126. The molecule has 0 aliphatic heterocycles. The highest BCUT2D eigenvalue weighted by atomic mass is 19.1. The number of halogens is 1. The van der Waals surface area contributed by atoms with Crippen molar-refractivity contribution in [1.29, 1.82) is 0 Å². The van der Waals surface area contributed by atoms with Gasteiger partial charge >= 0.3 is 0 Å². The van der Waals surface area contributed by atoms with Crippen LogP contribution in [0.5, 0.6) is 0 Å². The summed E-state index contributed by atoms with van der Waals surface area (Å²) in [7, 11) is 0. The summed E-state index contributed by atoms with van der Waals surface area (Å²) in [6.07, 6.45) is 5.19. The summed E-state index contributed by atoms with van der Waals surface area (Å²) in [4.78, 5) is 0. The zero-order valence-corrected chi connectivity index (χ0v) is 9.88. The first kappa shape index (κ1) is 11.6. The first-order chi connectivity index (χ1) is 7.81. The van der Waals surface area contributed by atoms with Crippen LogP contribution in [-0.2, 0) is 0 Å². The highest BCUT2D eigenvalue weighted by Crippen LogP contribution is 2.35. The van der Waals surface area contributed by atoms with E-state index in [9.17, 15) is 4.39 Å². The summed E-state index contributed by atoms with van der Waals surface area (Å²) in [5.74, 6) is 0.556. The lowest BCUT2D eigenvalue weighted by Gasteiger charge is -2.24. The van der Waals surface area contributed by atoms with Crippen LogP contribution in [0, 0.1) is 11.7 Å².